The van der Waals surface area contributed by atoms with Crippen LogP contribution in [-0.2, 0) is 0 Å². The Labute approximate surface area is 94.9 Å². The topological polar surface area (TPSA) is 48.1 Å². The van der Waals surface area contributed by atoms with Crippen LogP contribution < -0.4 is 10.5 Å². The van der Waals surface area contributed by atoms with E-state index in [0.29, 0.717) is 5.82 Å². The zero-order valence-electron chi connectivity index (χ0n) is 9.40. The lowest BCUT2D eigenvalue weighted by Crippen LogP contribution is -1.93. The maximum absolute atomic E-state index is 5.68. The number of nitrogen functional groups attached to an aromatic ring is 1. The van der Waals surface area contributed by atoms with Gasteiger partial charge in [-0.05, 0) is 36.2 Å². The minimum atomic E-state index is 0.581. The zero-order chi connectivity index (χ0) is 11.5. The molecular weight excluding hydrogens is 200 g/mol. The highest BCUT2D eigenvalue weighted by atomic mass is 16.5. The fourth-order valence-corrected chi connectivity index (χ4v) is 1.53. The van der Waals surface area contributed by atoms with Gasteiger partial charge in [0.15, 0.2) is 0 Å². The molecule has 3 nitrogen and oxygen atoms in total. The Morgan fingerprint density at radius 3 is 2.38 bits per heavy atom. The van der Waals surface area contributed by atoms with E-state index in [-0.39, 0.29) is 0 Å². The molecule has 82 valence electrons. The molecule has 0 saturated carbocycles. The lowest BCUT2D eigenvalue weighted by atomic mass is 10.1. The van der Waals surface area contributed by atoms with Crippen molar-refractivity contribution in [3.63, 3.8) is 0 Å². The number of nitrogens with two attached hydrogens (primary N) is 1. The van der Waals surface area contributed by atoms with Crippen LogP contribution in [0.5, 0.6) is 5.75 Å². The molecule has 1 aromatic heterocycles. The number of pyridine rings is 1. The molecule has 0 atom stereocenters. The number of methoxy groups -OCH3 is 1. The van der Waals surface area contributed by atoms with Crippen LogP contribution in [0.1, 0.15) is 5.56 Å². The lowest BCUT2D eigenvalue weighted by molar-refractivity contribution is 0.415. The van der Waals surface area contributed by atoms with Crippen molar-refractivity contribution in [1.82, 2.24) is 4.98 Å². The molecule has 1 heterocycles. The van der Waals surface area contributed by atoms with E-state index in [9.17, 15) is 0 Å². The van der Waals surface area contributed by atoms with E-state index in [2.05, 4.69) is 4.98 Å². The number of ether oxygens (including phenoxy) is 1. The lowest BCUT2D eigenvalue weighted by Gasteiger charge is -2.05. The molecule has 0 spiro atoms. The first-order valence-corrected chi connectivity index (χ1v) is 5.07. The van der Waals surface area contributed by atoms with Crippen molar-refractivity contribution in [2.24, 2.45) is 0 Å². The summed E-state index contributed by atoms with van der Waals surface area (Å²) in [7, 11) is 1.66. The molecule has 0 fully saturated rings. The number of nitrogens with zero attached hydrogens (tertiary/aromatic N) is 1. The van der Waals surface area contributed by atoms with Gasteiger partial charge in [-0.25, -0.2) is 4.98 Å². The molecule has 0 bridgehead atoms. The molecular formula is C13H14N2O. The first kappa shape index (κ1) is 10.5. The van der Waals surface area contributed by atoms with Crippen molar-refractivity contribution in [2.75, 3.05) is 12.8 Å². The van der Waals surface area contributed by atoms with Gasteiger partial charge < -0.3 is 10.5 Å². The van der Waals surface area contributed by atoms with Crippen molar-refractivity contribution in [3.05, 3.63) is 42.1 Å². The van der Waals surface area contributed by atoms with Gasteiger partial charge in [0, 0.05) is 11.8 Å². The maximum Gasteiger partial charge on any atom is 0.126 e. The average Bonchev–Trinajstić information content (AvgIpc) is 2.33. The van der Waals surface area contributed by atoms with Gasteiger partial charge in [-0.2, -0.15) is 0 Å². The Balaban J connectivity index is 2.38. The smallest absolute Gasteiger partial charge is 0.126 e. The molecule has 1 aromatic carbocycles. The van der Waals surface area contributed by atoms with Crippen LogP contribution in [0.25, 0.3) is 11.1 Å². The Bertz CT molecular complexity index is 492. The summed E-state index contributed by atoms with van der Waals surface area (Å²) in [6.07, 6.45) is 1.78. The normalized spacial score (nSPS) is 10.1. The van der Waals surface area contributed by atoms with Gasteiger partial charge >= 0.3 is 0 Å². The van der Waals surface area contributed by atoms with Crippen LogP contribution in [0.4, 0.5) is 5.82 Å². The molecule has 0 amide bonds. The van der Waals surface area contributed by atoms with Crippen molar-refractivity contribution < 1.29 is 4.74 Å². The fraction of sp³-hybridized carbons (Fsp3) is 0.154. The number of benzene rings is 1. The minimum absolute atomic E-state index is 0.581. The second-order valence-corrected chi connectivity index (χ2v) is 3.65. The molecule has 0 unspecified atom stereocenters. The van der Waals surface area contributed by atoms with Crippen LogP contribution in [0.15, 0.2) is 36.5 Å². The summed E-state index contributed by atoms with van der Waals surface area (Å²) in [6.45, 7) is 1.95. The molecule has 3 heteroatoms. The fourth-order valence-electron chi connectivity index (χ4n) is 1.53. The largest absolute Gasteiger partial charge is 0.497 e. The van der Waals surface area contributed by atoms with Gasteiger partial charge in [0.05, 0.1) is 7.11 Å². The molecule has 2 N–H and O–H groups in total. The Morgan fingerprint density at radius 2 is 1.81 bits per heavy atom. The number of hydrogen-bond donors (Lipinski definition) is 1. The van der Waals surface area contributed by atoms with Gasteiger partial charge in [-0.15, -0.1) is 0 Å². The first-order valence-electron chi connectivity index (χ1n) is 5.07. The van der Waals surface area contributed by atoms with Gasteiger partial charge in [0.1, 0.15) is 11.6 Å². The third-order valence-corrected chi connectivity index (χ3v) is 2.54. The van der Waals surface area contributed by atoms with E-state index in [1.807, 2.05) is 37.3 Å². The SMILES string of the molecule is COc1ccc(-c2cnc(N)c(C)c2)cc1. The van der Waals surface area contributed by atoms with Crippen LogP contribution >= 0.6 is 0 Å². The highest BCUT2D eigenvalue weighted by Gasteiger charge is 2.01. The van der Waals surface area contributed by atoms with Crippen molar-refractivity contribution in [3.8, 4) is 16.9 Å². The van der Waals surface area contributed by atoms with E-state index in [1.54, 1.807) is 13.3 Å². The van der Waals surface area contributed by atoms with Crippen LogP contribution in [0.3, 0.4) is 0 Å². The maximum atomic E-state index is 5.68. The molecule has 2 rings (SSSR count). The van der Waals surface area contributed by atoms with Crippen molar-refractivity contribution in [1.29, 1.82) is 0 Å². The molecule has 0 saturated heterocycles. The van der Waals surface area contributed by atoms with Gasteiger partial charge in [-0.1, -0.05) is 12.1 Å². The summed E-state index contributed by atoms with van der Waals surface area (Å²) in [5, 5.41) is 0. The zero-order valence-corrected chi connectivity index (χ0v) is 9.40. The highest BCUT2D eigenvalue weighted by molar-refractivity contribution is 5.65. The average molecular weight is 214 g/mol. The van der Waals surface area contributed by atoms with E-state index in [0.717, 1.165) is 22.4 Å². The number of aromatic nitrogens is 1. The predicted octanol–water partition coefficient (Wildman–Crippen LogP) is 2.65. The molecule has 0 aliphatic heterocycles. The summed E-state index contributed by atoms with van der Waals surface area (Å²) >= 11 is 0. The Kier molecular flexibility index (Phi) is 2.77. The number of aryl methyl sites for hydroxylation is 1. The molecule has 16 heavy (non-hydrogen) atoms. The molecule has 0 aliphatic carbocycles. The molecule has 0 radical (unpaired) electrons. The highest BCUT2D eigenvalue weighted by Crippen LogP contribution is 2.23. The van der Waals surface area contributed by atoms with Gasteiger partial charge in [-0.3, -0.25) is 0 Å². The van der Waals surface area contributed by atoms with Crippen LogP contribution in [0.2, 0.25) is 0 Å². The quantitative estimate of drug-likeness (QED) is 0.836. The van der Waals surface area contributed by atoms with Crippen LogP contribution in [0, 0.1) is 6.92 Å². The minimum Gasteiger partial charge on any atom is -0.497 e. The standard InChI is InChI=1S/C13H14N2O/c1-9-7-11(8-15-13(9)14)10-3-5-12(16-2)6-4-10/h3-8H,1-2H3,(H2,14,15). The van der Waals surface area contributed by atoms with Gasteiger partial charge in [0.25, 0.3) is 0 Å². The van der Waals surface area contributed by atoms with Crippen molar-refractivity contribution in [2.45, 2.75) is 6.92 Å². The number of hydrogen-bond acceptors (Lipinski definition) is 3. The first-order chi connectivity index (χ1) is 7.70. The molecule has 2 aromatic rings. The summed E-state index contributed by atoms with van der Waals surface area (Å²) < 4.78 is 5.11. The van der Waals surface area contributed by atoms with Gasteiger partial charge in [0.2, 0.25) is 0 Å². The predicted molar refractivity (Wildman–Crippen MR) is 65.4 cm³/mol. The second kappa shape index (κ2) is 4.23. The monoisotopic (exact) mass is 214 g/mol. The van der Waals surface area contributed by atoms with E-state index >= 15 is 0 Å². The Hall–Kier alpha value is -2.03. The van der Waals surface area contributed by atoms with Crippen LogP contribution in [-0.4, -0.2) is 12.1 Å². The number of rotatable bonds is 2. The number of anilines is 1. The molecule has 0 aliphatic rings. The Morgan fingerprint density at radius 1 is 1.12 bits per heavy atom. The van der Waals surface area contributed by atoms with E-state index < -0.39 is 0 Å². The summed E-state index contributed by atoms with van der Waals surface area (Å²) in [5.41, 5.74) is 8.85. The van der Waals surface area contributed by atoms with Crippen molar-refractivity contribution >= 4 is 5.82 Å². The summed E-state index contributed by atoms with van der Waals surface area (Å²) in [6, 6.07) is 9.91. The summed E-state index contributed by atoms with van der Waals surface area (Å²) in [4.78, 5) is 4.14. The summed E-state index contributed by atoms with van der Waals surface area (Å²) in [5.74, 6) is 1.43. The second-order valence-electron chi connectivity index (χ2n) is 3.65. The third kappa shape index (κ3) is 1.98. The van der Waals surface area contributed by atoms with E-state index in [1.165, 1.54) is 0 Å². The van der Waals surface area contributed by atoms with E-state index in [4.69, 9.17) is 10.5 Å². The third-order valence-electron chi connectivity index (χ3n) is 2.54.